The maximum Gasteiger partial charge on any atom is 0.407 e. The monoisotopic (exact) mass is 473 g/mol. The first-order chi connectivity index (χ1) is 15.7. The lowest BCUT2D eigenvalue weighted by atomic mass is 10.1. The second-order valence-corrected chi connectivity index (χ2v) is 9.41. The molecule has 3 aromatic rings. The van der Waals surface area contributed by atoms with Gasteiger partial charge in [-0.15, -0.1) is 0 Å². The van der Waals surface area contributed by atoms with Gasteiger partial charge in [0.2, 0.25) is 5.78 Å². The highest BCUT2D eigenvalue weighted by Gasteiger charge is 2.27. The molecule has 0 unspecified atom stereocenters. The number of nitrogens with one attached hydrogen (secondary N) is 1. The number of ether oxygens (including phenoxy) is 2. The molecule has 0 bridgehead atoms. The Labute approximate surface area is 197 Å². The SMILES string of the molecule is COc1cc(CO)c(-c2cn3ccc(N4CC[C@H](NC(=O)OC(C)(C)C)C4)nc3n2)cc1Cl. The van der Waals surface area contributed by atoms with Crippen LogP contribution in [-0.2, 0) is 11.3 Å². The number of carbonyl (C=O) groups is 1. The van der Waals surface area contributed by atoms with E-state index >= 15 is 0 Å². The van der Waals surface area contributed by atoms with Crippen molar-refractivity contribution < 1.29 is 19.4 Å². The Morgan fingerprint density at radius 1 is 1.33 bits per heavy atom. The highest BCUT2D eigenvalue weighted by Crippen LogP contribution is 2.34. The van der Waals surface area contributed by atoms with Crippen molar-refractivity contribution in [2.45, 2.75) is 45.4 Å². The van der Waals surface area contributed by atoms with Gasteiger partial charge in [0.05, 0.1) is 30.5 Å². The third-order valence-electron chi connectivity index (χ3n) is 5.37. The molecule has 4 rings (SSSR count). The van der Waals surface area contributed by atoms with Gasteiger partial charge >= 0.3 is 6.09 Å². The molecule has 1 aromatic carbocycles. The Hall–Kier alpha value is -3.04. The lowest BCUT2D eigenvalue weighted by molar-refractivity contribution is 0.0509. The summed E-state index contributed by atoms with van der Waals surface area (Å²) in [4.78, 5) is 23.5. The predicted octanol–water partition coefficient (Wildman–Crippen LogP) is 3.65. The van der Waals surface area contributed by atoms with Crippen LogP contribution in [0.25, 0.3) is 17.0 Å². The Morgan fingerprint density at radius 3 is 2.82 bits per heavy atom. The van der Waals surface area contributed by atoms with Crippen LogP contribution in [0.2, 0.25) is 5.02 Å². The molecule has 33 heavy (non-hydrogen) atoms. The molecule has 0 radical (unpaired) electrons. The van der Waals surface area contributed by atoms with Crippen molar-refractivity contribution in [3.63, 3.8) is 0 Å². The number of hydrogen-bond donors (Lipinski definition) is 2. The quantitative estimate of drug-likeness (QED) is 0.583. The fourth-order valence-electron chi connectivity index (χ4n) is 3.85. The van der Waals surface area contributed by atoms with E-state index in [9.17, 15) is 9.90 Å². The molecule has 2 N–H and O–H groups in total. The molecule has 9 nitrogen and oxygen atoms in total. The van der Waals surface area contributed by atoms with Crippen LogP contribution < -0.4 is 15.0 Å². The van der Waals surface area contributed by atoms with Crippen molar-refractivity contribution in [3.8, 4) is 17.0 Å². The molecule has 1 aliphatic heterocycles. The second-order valence-electron chi connectivity index (χ2n) is 9.00. The molecule has 10 heteroatoms. The van der Waals surface area contributed by atoms with Gasteiger partial charge in [0.15, 0.2) is 0 Å². The first-order valence-corrected chi connectivity index (χ1v) is 11.1. The number of aromatic nitrogens is 3. The standard InChI is InChI=1S/C23H28ClN5O4/c1-23(2,3)33-22(31)25-15-5-7-28(11-15)20-6-8-29-12-18(26-21(29)27-20)16-10-17(24)19(32-4)9-14(16)13-30/h6,8-10,12,15,30H,5,7,11,13H2,1-4H3,(H,25,31)/t15-/m0/s1. The zero-order chi connectivity index (χ0) is 23.8. The largest absolute Gasteiger partial charge is 0.495 e. The Balaban J connectivity index is 1.53. The molecule has 176 valence electrons. The molecule has 1 aliphatic rings. The van der Waals surface area contributed by atoms with E-state index in [0.717, 1.165) is 24.3 Å². The first-order valence-electron chi connectivity index (χ1n) is 10.7. The smallest absolute Gasteiger partial charge is 0.407 e. The number of imidazole rings is 1. The summed E-state index contributed by atoms with van der Waals surface area (Å²) in [6.45, 7) is 6.76. The lowest BCUT2D eigenvalue weighted by Crippen LogP contribution is -2.40. The van der Waals surface area contributed by atoms with Crippen LogP contribution in [-0.4, -0.2) is 57.4 Å². The normalized spacial score (nSPS) is 16.3. The Morgan fingerprint density at radius 2 is 2.12 bits per heavy atom. The summed E-state index contributed by atoms with van der Waals surface area (Å²) in [5, 5.41) is 13.2. The maximum absolute atomic E-state index is 12.1. The minimum Gasteiger partial charge on any atom is -0.495 e. The van der Waals surface area contributed by atoms with Crippen LogP contribution in [0.3, 0.4) is 0 Å². The summed E-state index contributed by atoms with van der Waals surface area (Å²) >= 11 is 6.30. The molecule has 1 atom stereocenters. The Bertz CT molecular complexity index is 1170. The van der Waals surface area contributed by atoms with Crippen molar-refractivity contribution in [1.29, 1.82) is 0 Å². The molecule has 1 saturated heterocycles. The summed E-state index contributed by atoms with van der Waals surface area (Å²) in [7, 11) is 1.53. The van der Waals surface area contributed by atoms with Crippen molar-refractivity contribution in [2.75, 3.05) is 25.1 Å². The number of hydrogen-bond acceptors (Lipinski definition) is 7. The van der Waals surface area contributed by atoms with Gasteiger partial charge in [0.1, 0.15) is 17.2 Å². The van der Waals surface area contributed by atoms with Crippen molar-refractivity contribution >= 4 is 29.3 Å². The highest BCUT2D eigenvalue weighted by atomic mass is 35.5. The van der Waals surface area contributed by atoms with Gasteiger partial charge in [0, 0.05) is 31.0 Å². The molecular formula is C23H28ClN5O4. The fourth-order valence-corrected chi connectivity index (χ4v) is 4.09. The number of aliphatic hydroxyl groups is 1. The molecule has 2 aromatic heterocycles. The third kappa shape index (κ3) is 5.15. The van der Waals surface area contributed by atoms with E-state index in [4.69, 9.17) is 26.1 Å². The number of nitrogens with zero attached hydrogens (tertiary/aromatic N) is 4. The number of halogens is 1. The number of aliphatic hydroxyl groups excluding tert-OH is 1. The topological polar surface area (TPSA) is 101 Å². The summed E-state index contributed by atoms with van der Waals surface area (Å²) in [6, 6.07) is 5.36. The minimum atomic E-state index is -0.530. The number of anilines is 1. The number of alkyl carbamates (subject to hydrolysis) is 1. The minimum absolute atomic E-state index is 0.0123. The number of benzene rings is 1. The van der Waals surface area contributed by atoms with Gasteiger partial charge in [-0.3, -0.25) is 4.40 Å². The highest BCUT2D eigenvalue weighted by molar-refractivity contribution is 6.32. The van der Waals surface area contributed by atoms with E-state index < -0.39 is 11.7 Å². The third-order valence-corrected chi connectivity index (χ3v) is 5.66. The molecule has 0 saturated carbocycles. The average Bonchev–Trinajstić information content (AvgIpc) is 3.38. The van der Waals surface area contributed by atoms with E-state index in [1.807, 2.05) is 43.6 Å². The molecular weight excluding hydrogens is 446 g/mol. The first kappa shape index (κ1) is 23.1. The molecule has 1 amide bonds. The predicted molar refractivity (Wildman–Crippen MR) is 126 cm³/mol. The van der Waals surface area contributed by atoms with E-state index in [1.54, 1.807) is 12.1 Å². The van der Waals surface area contributed by atoms with E-state index in [1.165, 1.54) is 7.11 Å². The van der Waals surface area contributed by atoms with Crippen LogP contribution in [0.4, 0.5) is 10.6 Å². The van der Waals surface area contributed by atoms with Gasteiger partial charge in [-0.05, 0) is 51.0 Å². The zero-order valence-electron chi connectivity index (χ0n) is 19.1. The molecule has 0 spiro atoms. The van der Waals surface area contributed by atoms with Crippen molar-refractivity contribution in [3.05, 3.63) is 41.2 Å². The van der Waals surface area contributed by atoms with Crippen LogP contribution >= 0.6 is 11.6 Å². The fraction of sp³-hybridized carbons (Fsp3) is 0.435. The average molecular weight is 474 g/mol. The number of carbonyl (C=O) groups excluding carboxylic acids is 1. The number of fused-ring (bicyclic) bond motifs is 1. The zero-order valence-corrected chi connectivity index (χ0v) is 19.9. The lowest BCUT2D eigenvalue weighted by Gasteiger charge is -2.22. The summed E-state index contributed by atoms with van der Waals surface area (Å²) < 4.78 is 12.4. The van der Waals surface area contributed by atoms with Gasteiger partial charge < -0.3 is 24.8 Å². The van der Waals surface area contributed by atoms with Crippen molar-refractivity contribution in [2.24, 2.45) is 0 Å². The molecule has 0 aliphatic carbocycles. The molecule has 1 fully saturated rings. The number of methoxy groups -OCH3 is 1. The van der Waals surface area contributed by atoms with Crippen LogP contribution in [0.5, 0.6) is 5.75 Å². The summed E-state index contributed by atoms with van der Waals surface area (Å²) in [5.74, 6) is 1.81. The van der Waals surface area contributed by atoms with Gasteiger partial charge in [-0.25, -0.2) is 9.78 Å². The van der Waals surface area contributed by atoms with Crippen LogP contribution in [0.15, 0.2) is 30.6 Å². The second kappa shape index (κ2) is 9.07. The molecule has 3 heterocycles. The summed E-state index contributed by atoms with van der Waals surface area (Å²) in [6.07, 6.45) is 4.14. The van der Waals surface area contributed by atoms with E-state index in [0.29, 0.717) is 34.4 Å². The van der Waals surface area contributed by atoms with Gasteiger partial charge in [-0.1, -0.05) is 11.6 Å². The van der Waals surface area contributed by atoms with Crippen LogP contribution in [0.1, 0.15) is 32.8 Å². The number of amides is 1. The maximum atomic E-state index is 12.1. The Kier molecular flexibility index (Phi) is 6.36. The number of rotatable bonds is 5. The van der Waals surface area contributed by atoms with Gasteiger partial charge in [-0.2, -0.15) is 4.98 Å². The van der Waals surface area contributed by atoms with Gasteiger partial charge in [0.25, 0.3) is 0 Å². The summed E-state index contributed by atoms with van der Waals surface area (Å²) in [5.41, 5.74) is 1.50. The van der Waals surface area contributed by atoms with E-state index in [-0.39, 0.29) is 12.6 Å². The van der Waals surface area contributed by atoms with E-state index in [2.05, 4.69) is 15.2 Å². The van der Waals surface area contributed by atoms with Crippen molar-refractivity contribution in [1.82, 2.24) is 19.7 Å². The van der Waals surface area contributed by atoms with Crippen LogP contribution in [0, 0.1) is 0 Å².